The number of nitrogens with zero attached hydrogens (tertiary/aromatic N) is 2. The summed E-state index contributed by atoms with van der Waals surface area (Å²) in [5.74, 6) is 0.607. The number of hydrogen-bond acceptors (Lipinski definition) is 6. The number of nitro benzene ring substituents is 1. The van der Waals surface area contributed by atoms with E-state index in [-0.39, 0.29) is 29.8 Å². The number of Topliss-reactive ketones (excluding diaryl/α,β-unsaturated/α-hetero) is 1. The highest BCUT2D eigenvalue weighted by atomic mass is 16.6. The van der Waals surface area contributed by atoms with Gasteiger partial charge in [0, 0.05) is 54.6 Å². The third kappa shape index (κ3) is 4.04. The van der Waals surface area contributed by atoms with Crippen LogP contribution in [0.15, 0.2) is 42.0 Å². The standard InChI is InChI=1S/C28H30N2O6/c1-16(2)35-27(32)29-11-9-19(10-12-29)36-20-7-8-21-23(15-20)28(3,4)24-13-17-5-6-18(30(33)34)14-22(17)25(24)26(21)31/h5-8,14-16,19H,9-13H2,1-4H3. The van der Waals surface area contributed by atoms with E-state index in [4.69, 9.17) is 9.47 Å². The molecule has 1 aliphatic heterocycles. The average molecular weight is 491 g/mol. The summed E-state index contributed by atoms with van der Waals surface area (Å²) in [5, 5.41) is 11.3. The van der Waals surface area contributed by atoms with Gasteiger partial charge in [-0.05, 0) is 60.7 Å². The summed E-state index contributed by atoms with van der Waals surface area (Å²) in [6.45, 7) is 9.01. The second-order valence-electron chi connectivity index (χ2n) is 10.5. The summed E-state index contributed by atoms with van der Waals surface area (Å²) in [6, 6.07) is 10.4. The fourth-order valence-corrected chi connectivity index (χ4v) is 5.53. The van der Waals surface area contributed by atoms with Crippen LogP contribution in [0.1, 0.15) is 67.6 Å². The monoisotopic (exact) mass is 490 g/mol. The largest absolute Gasteiger partial charge is 0.490 e. The fourth-order valence-electron chi connectivity index (χ4n) is 5.53. The number of allylic oxidation sites excluding steroid dienone is 2. The number of rotatable bonds is 4. The van der Waals surface area contributed by atoms with Gasteiger partial charge in [-0.15, -0.1) is 0 Å². The SMILES string of the molecule is CC(C)OC(=O)N1CCC(Oc2ccc3c(c2)C(C)(C)C2=C(C3=O)c3cc([N+](=O)[O-])ccc3C2)CC1. The van der Waals surface area contributed by atoms with Crippen molar-refractivity contribution < 1.29 is 24.0 Å². The van der Waals surface area contributed by atoms with E-state index in [9.17, 15) is 19.7 Å². The molecule has 2 aliphatic carbocycles. The van der Waals surface area contributed by atoms with Crippen LogP contribution in [-0.4, -0.2) is 47.0 Å². The molecular formula is C28H30N2O6. The molecule has 0 atom stereocenters. The molecule has 0 radical (unpaired) electrons. The van der Waals surface area contributed by atoms with Gasteiger partial charge in [0.1, 0.15) is 11.9 Å². The number of ether oxygens (including phenoxy) is 2. The number of carbonyl (C=O) groups excluding carboxylic acids is 2. The van der Waals surface area contributed by atoms with Gasteiger partial charge in [0.05, 0.1) is 11.0 Å². The van der Waals surface area contributed by atoms with Gasteiger partial charge in [-0.2, -0.15) is 0 Å². The summed E-state index contributed by atoms with van der Waals surface area (Å²) in [6.07, 6.45) is 1.54. The van der Waals surface area contributed by atoms with Crippen LogP contribution in [0.5, 0.6) is 5.75 Å². The van der Waals surface area contributed by atoms with Crippen molar-refractivity contribution in [1.82, 2.24) is 4.90 Å². The van der Waals surface area contributed by atoms with Crippen LogP contribution in [0, 0.1) is 10.1 Å². The van der Waals surface area contributed by atoms with E-state index >= 15 is 0 Å². The lowest BCUT2D eigenvalue weighted by atomic mass is 9.68. The molecule has 2 aromatic carbocycles. The minimum atomic E-state index is -0.435. The fraction of sp³-hybridized carbons (Fsp3) is 0.429. The van der Waals surface area contributed by atoms with Crippen LogP contribution < -0.4 is 4.74 Å². The van der Waals surface area contributed by atoms with E-state index in [1.165, 1.54) is 12.1 Å². The molecule has 188 valence electrons. The molecule has 1 fully saturated rings. The minimum Gasteiger partial charge on any atom is -0.490 e. The van der Waals surface area contributed by atoms with Gasteiger partial charge in [-0.25, -0.2) is 4.79 Å². The zero-order valence-corrected chi connectivity index (χ0v) is 21.0. The quantitative estimate of drug-likeness (QED) is 0.416. The van der Waals surface area contributed by atoms with Gasteiger partial charge in [0.25, 0.3) is 5.69 Å². The molecule has 2 aromatic rings. The van der Waals surface area contributed by atoms with Crippen LogP contribution in [0.2, 0.25) is 0 Å². The van der Waals surface area contributed by atoms with Crippen molar-refractivity contribution in [1.29, 1.82) is 0 Å². The van der Waals surface area contributed by atoms with Gasteiger partial charge in [0.15, 0.2) is 5.78 Å². The van der Waals surface area contributed by atoms with E-state index in [0.29, 0.717) is 54.8 Å². The summed E-state index contributed by atoms with van der Waals surface area (Å²) < 4.78 is 11.6. The van der Waals surface area contributed by atoms with E-state index in [0.717, 1.165) is 16.7 Å². The maximum absolute atomic E-state index is 13.6. The Balaban J connectivity index is 1.37. The molecule has 1 saturated heterocycles. The number of nitro groups is 1. The van der Waals surface area contributed by atoms with Crippen LogP contribution >= 0.6 is 0 Å². The molecule has 8 heteroatoms. The number of likely N-dealkylation sites (tertiary alicyclic amines) is 1. The predicted octanol–water partition coefficient (Wildman–Crippen LogP) is 5.47. The second-order valence-corrected chi connectivity index (χ2v) is 10.5. The lowest BCUT2D eigenvalue weighted by molar-refractivity contribution is -0.384. The Morgan fingerprint density at radius 1 is 1.11 bits per heavy atom. The van der Waals surface area contributed by atoms with E-state index in [1.807, 2.05) is 32.0 Å². The summed E-state index contributed by atoms with van der Waals surface area (Å²) in [5.41, 5.74) is 4.28. The molecule has 8 nitrogen and oxygen atoms in total. The van der Waals surface area contributed by atoms with E-state index in [1.54, 1.807) is 11.0 Å². The number of non-ortho nitro benzene ring substituents is 1. The first-order chi connectivity index (χ1) is 17.1. The summed E-state index contributed by atoms with van der Waals surface area (Å²) in [7, 11) is 0. The summed E-state index contributed by atoms with van der Waals surface area (Å²) >= 11 is 0. The molecule has 3 aliphatic rings. The normalized spacial score (nSPS) is 18.6. The number of carbonyl (C=O) groups is 2. The highest BCUT2D eigenvalue weighted by Crippen LogP contribution is 2.50. The molecule has 0 saturated carbocycles. The minimum absolute atomic E-state index is 0.00818. The summed E-state index contributed by atoms with van der Waals surface area (Å²) in [4.78, 5) is 38.4. The zero-order chi connectivity index (χ0) is 25.8. The van der Waals surface area contributed by atoms with Crippen molar-refractivity contribution in [3.05, 3.63) is 74.3 Å². The van der Waals surface area contributed by atoms with Crippen LogP contribution in [0.25, 0.3) is 5.57 Å². The number of amides is 1. The molecule has 36 heavy (non-hydrogen) atoms. The predicted molar refractivity (Wildman–Crippen MR) is 134 cm³/mol. The van der Waals surface area contributed by atoms with E-state index in [2.05, 4.69) is 13.8 Å². The van der Waals surface area contributed by atoms with Gasteiger partial charge in [-0.3, -0.25) is 14.9 Å². The third-order valence-corrected chi connectivity index (χ3v) is 7.47. The van der Waals surface area contributed by atoms with E-state index < -0.39 is 10.3 Å². The van der Waals surface area contributed by atoms with Crippen molar-refractivity contribution in [2.75, 3.05) is 13.1 Å². The number of ketones is 1. The highest BCUT2D eigenvalue weighted by Gasteiger charge is 2.43. The number of hydrogen-bond donors (Lipinski definition) is 0. The smallest absolute Gasteiger partial charge is 0.410 e. The van der Waals surface area contributed by atoms with Crippen LogP contribution in [0.4, 0.5) is 10.5 Å². The zero-order valence-electron chi connectivity index (χ0n) is 21.0. The molecule has 0 N–H and O–H groups in total. The number of fused-ring (bicyclic) bond motifs is 3. The third-order valence-electron chi connectivity index (χ3n) is 7.47. The van der Waals surface area contributed by atoms with Crippen molar-refractivity contribution in [3.8, 4) is 5.75 Å². The van der Waals surface area contributed by atoms with Gasteiger partial charge < -0.3 is 14.4 Å². The van der Waals surface area contributed by atoms with Crippen molar-refractivity contribution in [3.63, 3.8) is 0 Å². The first-order valence-corrected chi connectivity index (χ1v) is 12.4. The van der Waals surface area contributed by atoms with Gasteiger partial charge >= 0.3 is 6.09 Å². The topological polar surface area (TPSA) is 99.0 Å². The Kier molecular flexibility index (Phi) is 5.85. The lowest BCUT2D eigenvalue weighted by Gasteiger charge is -2.35. The number of piperidine rings is 1. The molecular weight excluding hydrogens is 460 g/mol. The van der Waals surface area contributed by atoms with Crippen molar-refractivity contribution in [2.24, 2.45) is 0 Å². The maximum Gasteiger partial charge on any atom is 0.410 e. The molecule has 0 aromatic heterocycles. The molecule has 1 amide bonds. The number of benzene rings is 2. The molecule has 5 rings (SSSR count). The Hall–Kier alpha value is -3.68. The Bertz CT molecular complexity index is 1300. The molecule has 0 bridgehead atoms. The molecule has 0 spiro atoms. The Labute approximate surface area is 210 Å². The first kappa shape index (κ1) is 24.0. The van der Waals surface area contributed by atoms with Crippen molar-refractivity contribution in [2.45, 2.75) is 64.6 Å². The van der Waals surface area contributed by atoms with Crippen molar-refractivity contribution >= 4 is 23.1 Å². The second kappa shape index (κ2) is 8.76. The Morgan fingerprint density at radius 3 is 2.50 bits per heavy atom. The Morgan fingerprint density at radius 2 is 1.83 bits per heavy atom. The molecule has 0 unspecified atom stereocenters. The maximum atomic E-state index is 13.6. The lowest BCUT2D eigenvalue weighted by Crippen LogP contribution is -2.42. The first-order valence-electron chi connectivity index (χ1n) is 12.4. The van der Waals surface area contributed by atoms with Crippen LogP contribution in [0.3, 0.4) is 0 Å². The van der Waals surface area contributed by atoms with Gasteiger partial charge in [-0.1, -0.05) is 19.9 Å². The van der Waals surface area contributed by atoms with Gasteiger partial charge in [0.2, 0.25) is 0 Å². The average Bonchev–Trinajstić information content (AvgIpc) is 3.23. The van der Waals surface area contributed by atoms with Crippen LogP contribution in [-0.2, 0) is 16.6 Å². The molecule has 1 heterocycles. The highest BCUT2D eigenvalue weighted by molar-refractivity contribution is 6.33.